The van der Waals surface area contributed by atoms with Gasteiger partial charge in [0, 0.05) is 37.3 Å². The quantitative estimate of drug-likeness (QED) is 0.0650. The highest BCUT2D eigenvalue weighted by Crippen LogP contribution is 2.35. The van der Waals surface area contributed by atoms with E-state index in [4.69, 9.17) is 29.8 Å². The van der Waals surface area contributed by atoms with Gasteiger partial charge in [0.1, 0.15) is 35.4 Å². The van der Waals surface area contributed by atoms with Gasteiger partial charge in [-0.2, -0.15) is 5.10 Å². The summed E-state index contributed by atoms with van der Waals surface area (Å²) in [4.78, 5) is 74.5. The number of nitrogens with two attached hydrogens (primary N) is 1. The largest absolute Gasteiger partial charge is 0.457 e. The molecular weight excluding hydrogens is 825 g/mol. The van der Waals surface area contributed by atoms with Crippen molar-refractivity contribution in [2.45, 2.75) is 37.8 Å². The number of piperidine rings is 2. The van der Waals surface area contributed by atoms with Crippen LogP contribution in [0.4, 0.5) is 11.5 Å². The molecule has 0 radical (unpaired) electrons. The maximum atomic E-state index is 13.0. The fourth-order valence-electron chi connectivity index (χ4n) is 8.04. The molecule has 5 heterocycles. The fourth-order valence-corrected chi connectivity index (χ4v) is 8.04. The third kappa shape index (κ3) is 10.3. The number of anilines is 2. The number of ether oxygens (including phenoxy) is 4. The predicted molar refractivity (Wildman–Crippen MR) is 233 cm³/mol. The van der Waals surface area contributed by atoms with Gasteiger partial charge in [0.15, 0.2) is 5.65 Å². The summed E-state index contributed by atoms with van der Waals surface area (Å²) in [5.74, 6) is -0.451. The third-order valence-corrected chi connectivity index (χ3v) is 11.1. The van der Waals surface area contributed by atoms with Crippen molar-refractivity contribution < 1.29 is 42.9 Å². The molecule has 3 aliphatic heterocycles. The SMILES string of the molecule is Nc1ncnc2c1c(-c1ccc(Oc3ccccc3)cc1)nn2[C@@H]1CCCN(CC(=O)NCCOCCOCCOCCNc2ccc3c(c2)C(=O)N(C2CCC(=O)NC2=O)C3=O)C1. The molecule has 0 aliphatic carbocycles. The molecule has 1 unspecified atom stereocenters. The van der Waals surface area contributed by atoms with E-state index < -0.39 is 29.7 Å². The zero-order chi connectivity index (χ0) is 44.4. The van der Waals surface area contributed by atoms with Crippen molar-refractivity contribution in [3.8, 4) is 22.8 Å². The van der Waals surface area contributed by atoms with Crippen LogP contribution in [0.25, 0.3) is 22.3 Å². The third-order valence-electron chi connectivity index (χ3n) is 11.1. The van der Waals surface area contributed by atoms with Crippen molar-refractivity contribution in [3.05, 3.63) is 90.3 Å². The van der Waals surface area contributed by atoms with Crippen LogP contribution in [-0.4, -0.2) is 137 Å². The highest BCUT2D eigenvalue weighted by Gasteiger charge is 2.44. The summed E-state index contributed by atoms with van der Waals surface area (Å²) < 4.78 is 24.8. The van der Waals surface area contributed by atoms with E-state index in [0.29, 0.717) is 93.3 Å². The summed E-state index contributed by atoms with van der Waals surface area (Å²) in [7, 11) is 0. The van der Waals surface area contributed by atoms with Crippen molar-refractivity contribution in [2.75, 3.05) is 83.4 Å². The number of likely N-dealkylation sites (tertiary alicyclic amines) is 1. The molecule has 334 valence electrons. The second-order valence-corrected chi connectivity index (χ2v) is 15.5. The van der Waals surface area contributed by atoms with E-state index in [1.807, 2.05) is 59.3 Å². The Morgan fingerprint density at radius 3 is 2.30 bits per heavy atom. The normalized spacial score (nSPS) is 17.7. The topological polar surface area (TPSA) is 234 Å². The van der Waals surface area contributed by atoms with E-state index in [0.717, 1.165) is 35.6 Å². The number of aromatic nitrogens is 4. The molecule has 19 heteroatoms. The van der Waals surface area contributed by atoms with Crippen LogP contribution < -0.4 is 26.4 Å². The summed E-state index contributed by atoms with van der Waals surface area (Å²) >= 11 is 0. The lowest BCUT2D eigenvalue weighted by atomic mass is 10.0. The van der Waals surface area contributed by atoms with E-state index in [1.54, 1.807) is 18.2 Å². The lowest BCUT2D eigenvalue weighted by Crippen LogP contribution is -2.54. The number of benzene rings is 3. The van der Waals surface area contributed by atoms with Crippen LogP contribution in [0.15, 0.2) is 79.1 Å². The first kappa shape index (κ1) is 43.8. The van der Waals surface area contributed by atoms with Gasteiger partial charge in [-0.1, -0.05) is 18.2 Å². The number of amides is 5. The Hall–Kier alpha value is -6.80. The monoisotopic (exact) mass is 874 g/mol. The van der Waals surface area contributed by atoms with E-state index in [2.05, 4.69) is 30.8 Å². The Morgan fingerprint density at radius 1 is 0.812 bits per heavy atom. The molecule has 19 nitrogen and oxygen atoms in total. The van der Waals surface area contributed by atoms with Gasteiger partial charge in [-0.25, -0.2) is 14.6 Å². The molecule has 0 bridgehead atoms. The van der Waals surface area contributed by atoms with Crippen molar-refractivity contribution in [3.63, 3.8) is 0 Å². The smallest absolute Gasteiger partial charge is 0.262 e. The zero-order valence-corrected chi connectivity index (χ0v) is 35.2. The number of imide groups is 2. The summed E-state index contributed by atoms with van der Waals surface area (Å²) in [6.45, 7) is 4.68. The number of fused-ring (bicyclic) bond motifs is 2. The summed E-state index contributed by atoms with van der Waals surface area (Å²) in [6, 6.07) is 21.1. The number of carbonyl (C=O) groups is 5. The average Bonchev–Trinajstić information content (AvgIpc) is 3.81. The molecule has 0 saturated carbocycles. The van der Waals surface area contributed by atoms with Crippen LogP contribution in [-0.2, 0) is 28.6 Å². The molecule has 2 saturated heterocycles. The van der Waals surface area contributed by atoms with Gasteiger partial charge in [0.05, 0.1) is 68.7 Å². The number of carbonyl (C=O) groups excluding carboxylic acids is 5. The van der Waals surface area contributed by atoms with E-state index >= 15 is 0 Å². The maximum absolute atomic E-state index is 13.0. The summed E-state index contributed by atoms with van der Waals surface area (Å²) in [6.07, 6.45) is 3.39. The van der Waals surface area contributed by atoms with Gasteiger partial charge in [-0.3, -0.25) is 39.1 Å². The molecule has 2 atom stereocenters. The minimum Gasteiger partial charge on any atom is -0.457 e. The average molecular weight is 875 g/mol. The van der Waals surface area contributed by atoms with Crippen LogP contribution in [0.2, 0.25) is 0 Å². The number of nitrogens with zero attached hydrogens (tertiary/aromatic N) is 6. The Labute approximate surface area is 368 Å². The Balaban J connectivity index is 0.690. The van der Waals surface area contributed by atoms with Gasteiger partial charge in [0.25, 0.3) is 11.8 Å². The Kier molecular flexibility index (Phi) is 14.1. The molecule has 3 aromatic carbocycles. The second kappa shape index (κ2) is 20.6. The zero-order valence-electron chi connectivity index (χ0n) is 35.2. The molecular formula is C45H50N10O9. The first-order chi connectivity index (χ1) is 31.2. The molecule has 0 spiro atoms. The highest BCUT2D eigenvalue weighted by atomic mass is 16.5. The Bertz CT molecular complexity index is 2480. The molecule has 5 amide bonds. The van der Waals surface area contributed by atoms with E-state index in [9.17, 15) is 24.0 Å². The number of hydrogen-bond donors (Lipinski definition) is 4. The molecule has 64 heavy (non-hydrogen) atoms. The van der Waals surface area contributed by atoms with E-state index in [-0.39, 0.29) is 42.5 Å². The van der Waals surface area contributed by atoms with Crippen LogP contribution in [0.5, 0.6) is 11.5 Å². The first-order valence-corrected chi connectivity index (χ1v) is 21.4. The predicted octanol–water partition coefficient (Wildman–Crippen LogP) is 3.18. The number of nitrogen functional groups attached to an aromatic ring is 1. The molecule has 5 N–H and O–H groups in total. The lowest BCUT2D eigenvalue weighted by Gasteiger charge is -2.32. The minimum atomic E-state index is -1.01. The maximum Gasteiger partial charge on any atom is 0.262 e. The van der Waals surface area contributed by atoms with Crippen molar-refractivity contribution in [2.24, 2.45) is 0 Å². The van der Waals surface area contributed by atoms with Gasteiger partial charge in [-0.05, 0) is 80.4 Å². The molecule has 5 aromatic rings. The van der Waals surface area contributed by atoms with Gasteiger partial charge in [-0.15, -0.1) is 0 Å². The van der Waals surface area contributed by atoms with Gasteiger partial charge >= 0.3 is 0 Å². The number of nitrogens with one attached hydrogen (secondary N) is 3. The summed E-state index contributed by atoms with van der Waals surface area (Å²) in [5, 5.41) is 14.0. The number of para-hydroxylation sites is 1. The fraction of sp³-hybridized carbons (Fsp3) is 0.378. The van der Waals surface area contributed by atoms with Crippen LogP contribution >= 0.6 is 0 Å². The molecule has 2 fully saturated rings. The standard InChI is InChI=1S/C45H50N10O9/c46-41-39-40(29-8-11-33(12-9-29)64-32-6-2-1-3-7-32)52-55(42(39)50-28-49-41)31-5-4-18-53(26-31)27-38(57)48-17-20-62-22-24-63-23-21-61-19-16-47-30-10-13-34-35(25-30)45(60)54(44(34)59)36-14-15-37(56)51-43(36)58/h1-3,6-13,25,28,31,36,47H,4-5,14-24,26-27H2,(H,48,57)(H2,46,49,50)(H,51,56,58)/t31-,36?/m1/s1. The minimum absolute atomic E-state index is 0.0151. The van der Waals surface area contributed by atoms with Crippen molar-refractivity contribution in [1.82, 2.24) is 40.2 Å². The van der Waals surface area contributed by atoms with Crippen molar-refractivity contribution >= 4 is 52.1 Å². The molecule has 3 aliphatic rings. The van der Waals surface area contributed by atoms with Crippen LogP contribution in [0.1, 0.15) is 52.4 Å². The van der Waals surface area contributed by atoms with Gasteiger partial charge in [0.2, 0.25) is 17.7 Å². The van der Waals surface area contributed by atoms with E-state index in [1.165, 1.54) is 6.33 Å². The molecule has 8 rings (SSSR count). The number of rotatable bonds is 20. The summed E-state index contributed by atoms with van der Waals surface area (Å²) in [5.41, 5.74) is 9.66. The first-order valence-electron chi connectivity index (χ1n) is 21.4. The lowest BCUT2D eigenvalue weighted by molar-refractivity contribution is -0.136. The number of hydrogen-bond acceptors (Lipinski definition) is 15. The highest BCUT2D eigenvalue weighted by molar-refractivity contribution is 6.23. The van der Waals surface area contributed by atoms with Crippen LogP contribution in [0.3, 0.4) is 0 Å². The van der Waals surface area contributed by atoms with Crippen molar-refractivity contribution in [1.29, 1.82) is 0 Å². The van der Waals surface area contributed by atoms with Crippen LogP contribution in [0, 0.1) is 0 Å². The van der Waals surface area contributed by atoms with Gasteiger partial charge < -0.3 is 35.3 Å². The second-order valence-electron chi connectivity index (χ2n) is 15.5. The molecule has 2 aromatic heterocycles. The Morgan fingerprint density at radius 2 is 1.53 bits per heavy atom.